The van der Waals surface area contributed by atoms with Crippen molar-refractivity contribution >= 4 is 6.09 Å². The van der Waals surface area contributed by atoms with Crippen molar-refractivity contribution in [3.05, 3.63) is 47.7 Å². The van der Waals surface area contributed by atoms with Gasteiger partial charge in [-0.15, -0.1) is 0 Å². The number of allylic oxidation sites excluding steroid dienone is 1. The molecule has 1 heterocycles. The van der Waals surface area contributed by atoms with Crippen LogP contribution in [-0.4, -0.2) is 35.9 Å². The predicted molar refractivity (Wildman–Crippen MR) is 72.8 cm³/mol. The summed E-state index contributed by atoms with van der Waals surface area (Å²) in [6.45, 7) is 3.18. The van der Waals surface area contributed by atoms with Gasteiger partial charge in [-0.25, -0.2) is 4.79 Å². The van der Waals surface area contributed by atoms with E-state index < -0.39 is 0 Å². The number of carbonyl (C=O) groups is 1. The highest BCUT2D eigenvalue weighted by Gasteiger charge is 2.19. The highest BCUT2D eigenvalue weighted by atomic mass is 16.6. The minimum atomic E-state index is -0.299. The van der Waals surface area contributed by atoms with Gasteiger partial charge < -0.3 is 9.84 Å². The third-order valence-electron chi connectivity index (χ3n) is 3.27. The summed E-state index contributed by atoms with van der Waals surface area (Å²) in [5.41, 5.74) is 2.32. The molecular weight excluding hydrogens is 242 g/mol. The molecule has 1 aliphatic rings. The van der Waals surface area contributed by atoms with Crippen LogP contribution in [0, 0.1) is 6.92 Å². The number of nitrogens with zero attached hydrogens (tertiary/aromatic N) is 1. The number of amides is 1. The first-order valence-corrected chi connectivity index (χ1v) is 6.48. The molecule has 0 radical (unpaired) electrons. The number of ether oxygens (including phenoxy) is 1. The van der Waals surface area contributed by atoms with Crippen LogP contribution in [0.1, 0.15) is 23.5 Å². The molecular formula is C15H19NO3. The van der Waals surface area contributed by atoms with E-state index in [4.69, 9.17) is 4.74 Å². The molecule has 1 unspecified atom stereocenters. The fraction of sp³-hybridized carbons (Fsp3) is 0.400. The molecule has 0 spiro atoms. The average Bonchev–Trinajstić information content (AvgIpc) is 2.82. The molecule has 0 saturated carbocycles. The zero-order valence-corrected chi connectivity index (χ0v) is 11.1. The van der Waals surface area contributed by atoms with Crippen molar-refractivity contribution in [2.45, 2.75) is 19.3 Å². The molecule has 1 aromatic carbocycles. The highest BCUT2D eigenvalue weighted by Crippen LogP contribution is 2.20. The Bertz CT molecular complexity index is 453. The van der Waals surface area contributed by atoms with E-state index in [2.05, 4.69) is 0 Å². The number of aliphatic hydroxyl groups is 1. The van der Waals surface area contributed by atoms with Crippen LogP contribution in [0.5, 0.6) is 0 Å². The van der Waals surface area contributed by atoms with E-state index in [0.717, 1.165) is 5.56 Å². The smallest absolute Gasteiger partial charge is 0.413 e. The van der Waals surface area contributed by atoms with Gasteiger partial charge in [0, 0.05) is 12.1 Å². The lowest BCUT2D eigenvalue weighted by Crippen LogP contribution is -2.16. The minimum Gasteiger partial charge on any atom is -0.447 e. The summed E-state index contributed by atoms with van der Waals surface area (Å²) in [6.07, 6.45) is 4.05. The number of aryl methyl sites for hydroxylation is 1. The first kappa shape index (κ1) is 13.6. The lowest BCUT2D eigenvalue weighted by Gasteiger charge is -2.13. The van der Waals surface area contributed by atoms with Gasteiger partial charge >= 0.3 is 6.09 Å². The molecule has 102 valence electrons. The van der Waals surface area contributed by atoms with Gasteiger partial charge in [-0.2, -0.15) is 0 Å². The summed E-state index contributed by atoms with van der Waals surface area (Å²) in [7, 11) is 0. The summed E-state index contributed by atoms with van der Waals surface area (Å²) in [5.74, 6) is 0.0653. The lowest BCUT2D eigenvalue weighted by atomic mass is 9.96. The largest absolute Gasteiger partial charge is 0.447 e. The minimum absolute atomic E-state index is 0.0653. The molecule has 1 fully saturated rings. The SMILES string of the molecule is Cc1ccc(C(CO)C/C=C/N2CCOC2=O)cc1. The predicted octanol–water partition coefficient (Wildman–Crippen LogP) is 2.43. The fourth-order valence-electron chi connectivity index (χ4n) is 2.05. The maximum atomic E-state index is 11.2. The van der Waals surface area contributed by atoms with Crippen LogP contribution in [0.25, 0.3) is 0 Å². The second-order valence-electron chi connectivity index (χ2n) is 4.72. The van der Waals surface area contributed by atoms with Gasteiger partial charge in [-0.3, -0.25) is 4.90 Å². The van der Waals surface area contributed by atoms with Crippen LogP contribution < -0.4 is 0 Å². The number of carbonyl (C=O) groups excluding carboxylic acids is 1. The average molecular weight is 261 g/mol. The molecule has 1 aromatic rings. The van der Waals surface area contributed by atoms with Crippen molar-refractivity contribution in [2.24, 2.45) is 0 Å². The summed E-state index contributed by atoms with van der Waals surface area (Å²) in [5, 5.41) is 9.45. The van der Waals surface area contributed by atoms with E-state index >= 15 is 0 Å². The molecule has 4 nitrogen and oxygen atoms in total. The third-order valence-corrected chi connectivity index (χ3v) is 3.27. The van der Waals surface area contributed by atoms with Gasteiger partial charge in [0.05, 0.1) is 13.2 Å². The molecule has 0 bridgehead atoms. The van der Waals surface area contributed by atoms with Gasteiger partial charge in [-0.05, 0) is 18.9 Å². The molecule has 0 aromatic heterocycles. The van der Waals surface area contributed by atoms with Crippen LogP contribution in [0.15, 0.2) is 36.5 Å². The summed E-state index contributed by atoms with van der Waals surface area (Å²) in [4.78, 5) is 12.8. The monoisotopic (exact) mass is 261 g/mol. The van der Waals surface area contributed by atoms with Crippen LogP contribution >= 0.6 is 0 Å². The van der Waals surface area contributed by atoms with Gasteiger partial charge in [0.1, 0.15) is 6.61 Å². The molecule has 19 heavy (non-hydrogen) atoms. The van der Waals surface area contributed by atoms with E-state index in [-0.39, 0.29) is 18.6 Å². The van der Waals surface area contributed by atoms with Gasteiger partial charge in [0.15, 0.2) is 0 Å². The van der Waals surface area contributed by atoms with Crippen molar-refractivity contribution in [3.8, 4) is 0 Å². The molecule has 1 amide bonds. The highest BCUT2D eigenvalue weighted by molar-refractivity contribution is 5.70. The number of benzene rings is 1. The summed E-state index contributed by atoms with van der Waals surface area (Å²) < 4.78 is 4.83. The lowest BCUT2D eigenvalue weighted by molar-refractivity contribution is 0.166. The Morgan fingerprint density at radius 2 is 2.16 bits per heavy atom. The van der Waals surface area contributed by atoms with Gasteiger partial charge in [-0.1, -0.05) is 35.9 Å². The van der Waals surface area contributed by atoms with E-state index in [9.17, 15) is 9.90 Å². The first-order chi connectivity index (χ1) is 9.20. The molecule has 4 heteroatoms. The van der Waals surface area contributed by atoms with Crippen molar-refractivity contribution < 1.29 is 14.6 Å². The number of hydrogen-bond acceptors (Lipinski definition) is 3. The molecule has 1 aliphatic heterocycles. The number of aliphatic hydroxyl groups excluding tert-OH is 1. The number of rotatable bonds is 5. The van der Waals surface area contributed by atoms with Crippen molar-refractivity contribution in [3.63, 3.8) is 0 Å². The third kappa shape index (κ3) is 3.58. The quantitative estimate of drug-likeness (QED) is 0.885. The number of hydrogen-bond donors (Lipinski definition) is 1. The summed E-state index contributed by atoms with van der Waals surface area (Å²) in [6, 6.07) is 8.15. The summed E-state index contributed by atoms with van der Waals surface area (Å²) >= 11 is 0. The van der Waals surface area contributed by atoms with Crippen molar-refractivity contribution in [1.29, 1.82) is 0 Å². The Labute approximate surface area is 113 Å². The second kappa shape index (κ2) is 6.38. The van der Waals surface area contributed by atoms with Crippen molar-refractivity contribution in [2.75, 3.05) is 19.8 Å². The van der Waals surface area contributed by atoms with Crippen LogP contribution in [0.2, 0.25) is 0 Å². The van der Waals surface area contributed by atoms with Crippen LogP contribution in [0.3, 0.4) is 0 Å². The topological polar surface area (TPSA) is 49.8 Å². The molecule has 0 aliphatic carbocycles. The van der Waals surface area contributed by atoms with Gasteiger partial charge in [0.2, 0.25) is 0 Å². The molecule has 2 rings (SSSR count). The van der Waals surface area contributed by atoms with Crippen molar-refractivity contribution in [1.82, 2.24) is 4.90 Å². The van der Waals surface area contributed by atoms with Crippen LogP contribution in [0.4, 0.5) is 4.79 Å². The zero-order chi connectivity index (χ0) is 13.7. The number of cyclic esters (lactones) is 1. The van der Waals surface area contributed by atoms with E-state index in [1.807, 2.05) is 37.3 Å². The second-order valence-corrected chi connectivity index (χ2v) is 4.72. The Kier molecular flexibility index (Phi) is 4.58. The Morgan fingerprint density at radius 3 is 2.74 bits per heavy atom. The van der Waals surface area contributed by atoms with E-state index in [1.165, 1.54) is 5.56 Å². The molecule has 1 N–H and O–H groups in total. The zero-order valence-electron chi connectivity index (χ0n) is 11.1. The van der Waals surface area contributed by atoms with Crippen LogP contribution in [-0.2, 0) is 4.74 Å². The first-order valence-electron chi connectivity index (χ1n) is 6.48. The molecule has 1 atom stereocenters. The molecule has 1 saturated heterocycles. The maximum Gasteiger partial charge on any atom is 0.413 e. The van der Waals surface area contributed by atoms with E-state index in [0.29, 0.717) is 19.6 Å². The Balaban J connectivity index is 1.94. The van der Waals surface area contributed by atoms with Gasteiger partial charge in [0.25, 0.3) is 0 Å². The van der Waals surface area contributed by atoms with E-state index in [1.54, 1.807) is 11.1 Å². The Hall–Kier alpha value is -1.81. The maximum absolute atomic E-state index is 11.2. The standard InChI is InChI=1S/C15H19NO3/c1-12-4-6-13(7-5-12)14(11-17)3-2-8-16-9-10-19-15(16)18/h2,4-8,14,17H,3,9-11H2,1H3/b8-2+. The fourth-order valence-corrected chi connectivity index (χ4v) is 2.05. The normalized spacial score (nSPS) is 16.9. The Morgan fingerprint density at radius 1 is 1.42 bits per heavy atom.